The van der Waals surface area contributed by atoms with E-state index in [1.165, 1.54) is 6.07 Å². The van der Waals surface area contributed by atoms with E-state index >= 15 is 0 Å². The molecule has 6 nitrogen and oxygen atoms in total. The van der Waals surface area contributed by atoms with Gasteiger partial charge in [0.2, 0.25) is 5.91 Å². The lowest BCUT2D eigenvalue weighted by Crippen LogP contribution is -2.40. The Morgan fingerprint density at radius 3 is 2.89 bits per heavy atom. The van der Waals surface area contributed by atoms with Crippen molar-refractivity contribution in [2.45, 2.75) is 38.6 Å². The van der Waals surface area contributed by atoms with Gasteiger partial charge in [0.1, 0.15) is 5.52 Å². The van der Waals surface area contributed by atoms with E-state index in [0.717, 1.165) is 36.2 Å². The molecule has 0 unspecified atom stereocenters. The number of para-hydroxylation sites is 2. The molecule has 6 heteroatoms. The van der Waals surface area contributed by atoms with Gasteiger partial charge < -0.3 is 13.9 Å². The summed E-state index contributed by atoms with van der Waals surface area (Å²) >= 11 is 0. The van der Waals surface area contributed by atoms with E-state index in [0.29, 0.717) is 25.4 Å². The molecule has 0 spiro atoms. The van der Waals surface area contributed by atoms with Crippen molar-refractivity contribution in [3.8, 4) is 0 Å². The van der Waals surface area contributed by atoms with Gasteiger partial charge in [-0.15, -0.1) is 0 Å². The molecule has 0 radical (unpaired) electrons. The van der Waals surface area contributed by atoms with Gasteiger partial charge in [-0.25, -0.2) is 4.98 Å². The zero-order valence-corrected chi connectivity index (χ0v) is 15.4. The predicted molar refractivity (Wildman–Crippen MR) is 103 cm³/mol. The number of nitrogens with zero attached hydrogens (tertiary/aromatic N) is 3. The third kappa shape index (κ3) is 3.65. The number of piperidine rings is 1. The maximum Gasteiger partial charge on any atom is 0.250 e. The number of amides is 1. The van der Waals surface area contributed by atoms with E-state index < -0.39 is 0 Å². The summed E-state index contributed by atoms with van der Waals surface area (Å²) in [5, 5.41) is 0. The van der Waals surface area contributed by atoms with Crippen LogP contribution in [-0.2, 0) is 11.3 Å². The van der Waals surface area contributed by atoms with Crippen molar-refractivity contribution in [2.75, 3.05) is 13.1 Å². The molecule has 27 heavy (non-hydrogen) atoms. The standard InChI is InChI=1S/C21H23N3O3/c1-15-6-4-10-20(26)24(15)13-11-19(25)23-12-5-7-16(14-23)21-22-17-8-2-3-9-18(17)27-21/h2-4,6,8-10,16H,5,7,11-14H2,1H3/t16-/m0/s1. The number of carbonyl (C=O) groups excluding carboxylic acids is 1. The van der Waals surface area contributed by atoms with E-state index in [2.05, 4.69) is 4.98 Å². The summed E-state index contributed by atoms with van der Waals surface area (Å²) in [4.78, 5) is 31.1. The molecule has 4 rings (SSSR count). The topological polar surface area (TPSA) is 68.3 Å². The molecular formula is C21H23N3O3. The third-order valence-corrected chi connectivity index (χ3v) is 5.25. The highest BCUT2D eigenvalue weighted by molar-refractivity contribution is 5.76. The minimum atomic E-state index is -0.0641. The Bertz CT molecular complexity index is 988. The number of fused-ring (bicyclic) bond motifs is 1. The molecule has 1 amide bonds. The number of pyridine rings is 1. The Labute approximate surface area is 157 Å². The van der Waals surface area contributed by atoms with Crippen molar-refractivity contribution in [1.82, 2.24) is 14.5 Å². The number of hydrogen-bond acceptors (Lipinski definition) is 4. The average molecular weight is 365 g/mol. The molecule has 1 fully saturated rings. The van der Waals surface area contributed by atoms with Crippen LogP contribution in [0.5, 0.6) is 0 Å². The molecule has 1 aliphatic heterocycles. The molecule has 2 aromatic heterocycles. The molecule has 1 aromatic carbocycles. The van der Waals surface area contributed by atoms with Crippen molar-refractivity contribution in [3.63, 3.8) is 0 Å². The molecule has 0 bridgehead atoms. The first-order valence-electron chi connectivity index (χ1n) is 9.41. The van der Waals surface area contributed by atoms with Gasteiger partial charge in [0.05, 0.1) is 5.92 Å². The highest BCUT2D eigenvalue weighted by Gasteiger charge is 2.28. The first kappa shape index (κ1) is 17.5. The van der Waals surface area contributed by atoms with Crippen molar-refractivity contribution in [1.29, 1.82) is 0 Å². The Morgan fingerprint density at radius 2 is 2.07 bits per heavy atom. The second-order valence-corrected chi connectivity index (χ2v) is 7.11. The lowest BCUT2D eigenvalue weighted by molar-refractivity contribution is -0.132. The van der Waals surface area contributed by atoms with Gasteiger partial charge in [0.15, 0.2) is 11.5 Å². The molecule has 0 N–H and O–H groups in total. The van der Waals surface area contributed by atoms with Gasteiger partial charge in [0.25, 0.3) is 5.56 Å². The van der Waals surface area contributed by atoms with E-state index in [9.17, 15) is 9.59 Å². The summed E-state index contributed by atoms with van der Waals surface area (Å²) in [7, 11) is 0. The molecule has 140 valence electrons. The van der Waals surface area contributed by atoms with Crippen LogP contribution >= 0.6 is 0 Å². The van der Waals surface area contributed by atoms with Crippen LogP contribution in [0.1, 0.15) is 36.8 Å². The highest BCUT2D eigenvalue weighted by Crippen LogP contribution is 2.29. The van der Waals surface area contributed by atoms with Gasteiger partial charge >= 0.3 is 0 Å². The maximum atomic E-state index is 12.7. The molecule has 1 saturated heterocycles. The molecule has 0 aliphatic carbocycles. The van der Waals surface area contributed by atoms with E-state index in [-0.39, 0.29) is 17.4 Å². The van der Waals surface area contributed by atoms with Gasteiger partial charge in [-0.3, -0.25) is 9.59 Å². The average Bonchev–Trinajstić information content (AvgIpc) is 3.12. The zero-order valence-electron chi connectivity index (χ0n) is 15.4. The van der Waals surface area contributed by atoms with Gasteiger partial charge in [-0.1, -0.05) is 18.2 Å². The second kappa shape index (κ2) is 7.39. The highest BCUT2D eigenvalue weighted by atomic mass is 16.3. The Morgan fingerprint density at radius 1 is 1.22 bits per heavy atom. The second-order valence-electron chi connectivity index (χ2n) is 7.11. The fourth-order valence-electron chi connectivity index (χ4n) is 3.75. The van der Waals surface area contributed by atoms with Crippen LogP contribution in [0.15, 0.2) is 51.7 Å². The lowest BCUT2D eigenvalue weighted by Gasteiger charge is -2.31. The first-order valence-corrected chi connectivity index (χ1v) is 9.41. The van der Waals surface area contributed by atoms with Crippen molar-refractivity contribution in [2.24, 2.45) is 0 Å². The maximum absolute atomic E-state index is 12.7. The smallest absolute Gasteiger partial charge is 0.250 e. The fraction of sp³-hybridized carbons (Fsp3) is 0.381. The summed E-state index contributed by atoms with van der Waals surface area (Å²) in [6, 6.07) is 12.9. The van der Waals surface area contributed by atoms with Crippen LogP contribution in [0.3, 0.4) is 0 Å². The Balaban J connectivity index is 1.43. The number of likely N-dealkylation sites (tertiary alicyclic amines) is 1. The molecular weight excluding hydrogens is 342 g/mol. The van der Waals surface area contributed by atoms with E-state index in [4.69, 9.17) is 4.42 Å². The minimum absolute atomic E-state index is 0.0641. The number of aryl methyl sites for hydroxylation is 1. The number of oxazole rings is 1. The molecule has 1 atom stereocenters. The Kier molecular flexibility index (Phi) is 4.79. The van der Waals surface area contributed by atoms with Crippen molar-refractivity contribution < 1.29 is 9.21 Å². The summed E-state index contributed by atoms with van der Waals surface area (Å²) in [5.74, 6) is 0.908. The van der Waals surface area contributed by atoms with Crippen LogP contribution in [-0.4, -0.2) is 33.4 Å². The monoisotopic (exact) mass is 365 g/mol. The fourth-order valence-corrected chi connectivity index (χ4v) is 3.75. The third-order valence-electron chi connectivity index (χ3n) is 5.25. The largest absolute Gasteiger partial charge is 0.440 e. The lowest BCUT2D eigenvalue weighted by atomic mass is 9.97. The SMILES string of the molecule is Cc1cccc(=O)n1CCC(=O)N1CCC[C@H](c2nc3ccccc3o2)C1. The number of rotatable bonds is 4. The van der Waals surface area contributed by atoms with Crippen LogP contribution in [0, 0.1) is 6.92 Å². The van der Waals surface area contributed by atoms with Gasteiger partial charge in [0, 0.05) is 37.8 Å². The first-order chi connectivity index (χ1) is 13.1. The molecule has 3 heterocycles. The van der Waals surface area contributed by atoms with Crippen molar-refractivity contribution >= 4 is 17.0 Å². The number of carbonyl (C=O) groups is 1. The molecule has 0 saturated carbocycles. The van der Waals surface area contributed by atoms with Crippen molar-refractivity contribution in [3.05, 3.63) is 64.4 Å². The zero-order chi connectivity index (χ0) is 18.8. The van der Waals surface area contributed by atoms with Crippen LogP contribution in [0.4, 0.5) is 0 Å². The van der Waals surface area contributed by atoms with Crippen LogP contribution in [0.25, 0.3) is 11.1 Å². The van der Waals surface area contributed by atoms with Crippen LogP contribution < -0.4 is 5.56 Å². The number of benzene rings is 1. The van der Waals surface area contributed by atoms with Crippen LogP contribution in [0.2, 0.25) is 0 Å². The minimum Gasteiger partial charge on any atom is -0.440 e. The summed E-state index contributed by atoms with van der Waals surface area (Å²) in [5.41, 5.74) is 2.45. The van der Waals surface area contributed by atoms with Gasteiger partial charge in [-0.2, -0.15) is 0 Å². The van der Waals surface area contributed by atoms with E-state index in [1.54, 1.807) is 10.6 Å². The Hall–Kier alpha value is -2.89. The normalized spacial score (nSPS) is 17.4. The van der Waals surface area contributed by atoms with E-state index in [1.807, 2.05) is 42.2 Å². The number of hydrogen-bond donors (Lipinski definition) is 0. The summed E-state index contributed by atoms with van der Waals surface area (Å²) < 4.78 is 7.55. The predicted octanol–water partition coefficient (Wildman–Crippen LogP) is 3.09. The number of aromatic nitrogens is 2. The molecule has 1 aliphatic rings. The van der Waals surface area contributed by atoms with Gasteiger partial charge in [-0.05, 0) is 38.0 Å². The summed E-state index contributed by atoms with van der Waals surface area (Å²) in [6.45, 7) is 3.66. The quantitative estimate of drug-likeness (QED) is 0.712. The molecule has 3 aromatic rings. The summed E-state index contributed by atoms with van der Waals surface area (Å²) in [6.07, 6.45) is 2.22.